The lowest BCUT2D eigenvalue weighted by atomic mass is 9.85. The molecule has 116 valence electrons. The maximum Gasteiger partial charge on any atom is 0.341 e. The molecule has 2 heterocycles. The number of aliphatic hydroxyl groups is 2. The number of ether oxygens (including phenoxy) is 1. The van der Waals surface area contributed by atoms with Crippen molar-refractivity contribution in [1.29, 1.82) is 0 Å². The maximum absolute atomic E-state index is 12.2. The lowest BCUT2D eigenvalue weighted by Gasteiger charge is -2.33. The number of nitrogens with zero attached hydrogens (tertiary/aromatic N) is 1. The van der Waals surface area contributed by atoms with Crippen LogP contribution in [0.15, 0.2) is 0 Å². The molecular formula is C15H27NO4. The molecule has 0 aromatic rings. The number of aliphatic hydroxyl groups excluding tert-OH is 1. The van der Waals surface area contributed by atoms with E-state index in [0.717, 1.165) is 19.5 Å². The van der Waals surface area contributed by atoms with Crippen molar-refractivity contribution in [3.63, 3.8) is 0 Å². The summed E-state index contributed by atoms with van der Waals surface area (Å²) in [6, 6.07) is 0.529. The maximum atomic E-state index is 12.2. The Labute approximate surface area is 120 Å². The van der Waals surface area contributed by atoms with E-state index in [1.807, 2.05) is 0 Å². The van der Waals surface area contributed by atoms with Crippen molar-refractivity contribution < 1.29 is 19.7 Å². The van der Waals surface area contributed by atoms with Crippen molar-refractivity contribution in [2.45, 2.75) is 57.8 Å². The quantitative estimate of drug-likeness (QED) is 0.731. The molecule has 0 bridgehead atoms. The van der Waals surface area contributed by atoms with Gasteiger partial charge in [-0.1, -0.05) is 13.8 Å². The minimum atomic E-state index is -1.81. The molecule has 0 radical (unpaired) electrons. The highest BCUT2D eigenvalue weighted by Gasteiger charge is 2.46. The first-order chi connectivity index (χ1) is 9.37. The second-order valence-corrected chi connectivity index (χ2v) is 6.55. The minimum Gasteiger partial charge on any atom is -0.463 e. The van der Waals surface area contributed by atoms with Gasteiger partial charge in [-0.25, -0.2) is 4.79 Å². The van der Waals surface area contributed by atoms with Crippen LogP contribution in [-0.2, 0) is 9.53 Å². The Bertz CT molecular complexity index is 348. The van der Waals surface area contributed by atoms with Crippen LogP contribution in [0.2, 0.25) is 0 Å². The third-order valence-electron chi connectivity index (χ3n) is 5.02. The van der Waals surface area contributed by atoms with Crippen LogP contribution >= 0.6 is 0 Å². The first-order valence-electron chi connectivity index (χ1n) is 7.69. The molecule has 2 N–H and O–H groups in total. The highest BCUT2D eigenvalue weighted by molar-refractivity contribution is 5.80. The van der Waals surface area contributed by atoms with E-state index in [1.165, 1.54) is 19.8 Å². The first-order valence-corrected chi connectivity index (χ1v) is 7.69. The molecular weight excluding hydrogens is 258 g/mol. The van der Waals surface area contributed by atoms with E-state index in [-0.39, 0.29) is 5.92 Å². The molecule has 0 aromatic heterocycles. The van der Waals surface area contributed by atoms with Crippen LogP contribution in [0.5, 0.6) is 0 Å². The zero-order valence-corrected chi connectivity index (χ0v) is 12.7. The highest BCUT2D eigenvalue weighted by atomic mass is 16.6. The summed E-state index contributed by atoms with van der Waals surface area (Å²) in [4.78, 5) is 14.6. The average Bonchev–Trinajstić information content (AvgIpc) is 2.97. The van der Waals surface area contributed by atoms with Crippen LogP contribution in [0.3, 0.4) is 0 Å². The van der Waals surface area contributed by atoms with E-state index < -0.39 is 17.7 Å². The zero-order chi connectivity index (χ0) is 14.9. The van der Waals surface area contributed by atoms with E-state index in [4.69, 9.17) is 4.74 Å². The van der Waals surface area contributed by atoms with Gasteiger partial charge in [-0.05, 0) is 45.2 Å². The SMILES string of the molecule is CC(C)C(O)(C(=O)OC[C@@H]1CCN2CCC[C@H]12)[C@@H](C)O. The van der Waals surface area contributed by atoms with Gasteiger partial charge in [-0.15, -0.1) is 0 Å². The topological polar surface area (TPSA) is 70.0 Å². The smallest absolute Gasteiger partial charge is 0.341 e. The van der Waals surface area contributed by atoms with Gasteiger partial charge in [0.1, 0.15) is 0 Å². The molecule has 2 rings (SSSR count). The van der Waals surface area contributed by atoms with Crippen molar-refractivity contribution in [2.24, 2.45) is 11.8 Å². The number of rotatable bonds is 5. The fourth-order valence-corrected chi connectivity index (χ4v) is 3.57. The molecule has 2 aliphatic heterocycles. The zero-order valence-electron chi connectivity index (χ0n) is 12.7. The molecule has 0 aromatic carbocycles. The van der Waals surface area contributed by atoms with Crippen LogP contribution in [-0.4, -0.2) is 58.5 Å². The number of carbonyl (C=O) groups is 1. The van der Waals surface area contributed by atoms with Gasteiger partial charge in [0.05, 0.1) is 12.7 Å². The van der Waals surface area contributed by atoms with Crippen LogP contribution in [0.1, 0.15) is 40.0 Å². The molecule has 0 amide bonds. The van der Waals surface area contributed by atoms with Gasteiger partial charge in [-0.2, -0.15) is 0 Å². The van der Waals surface area contributed by atoms with E-state index in [0.29, 0.717) is 18.6 Å². The standard InChI is InChI=1S/C15H27NO4/c1-10(2)15(19,11(3)17)14(18)20-9-12-6-8-16-7-4-5-13(12)16/h10-13,17,19H,4-9H2,1-3H3/t11-,12+,13-,15?/m1/s1. The summed E-state index contributed by atoms with van der Waals surface area (Å²) >= 11 is 0. The van der Waals surface area contributed by atoms with Gasteiger partial charge >= 0.3 is 5.97 Å². The Morgan fingerprint density at radius 1 is 1.35 bits per heavy atom. The number of hydrogen-bond acceptors (Lipinski definition) is 5. The molecule has 0 aliphatic carbocycles. The summed E-state index contributed by atoms with van der Waals surface area (Å²) in [6.45, 7) is 7.43. The van der Waals surface area contributed by atoms with Gasteiger partial charge in [0.2, 0.25) is 0 Å². The third-order valence-corrected chi connectivity index (χ3v) is 5.02. The predicted molar refractivity (Wildman–Crippen MR) is 75.1 cm³/mol. The molecule has 2 aliphatic rings. The van der Waals surface area contributed by atoms with Crippen molar-refractivity contribution >= 4 is 5.97 Å². The predicted octanol–water partition coefficient (Wildman–Crippen LogP) is 0.782. The Balaban J connectivity index is 1.91. The van der Waals surface area contributed by atoms with E-state index >= 15 is 0 Å². The second-order valence-electron chi connectivity index (χ2n) is 6.55. The Morgan fingerprint density at radius 3 is 2.65 bits per heavy atom. The summed E-state index contributed by atoms with van der Waals surface area (Å²) in [6.07, 6.45) is 2.31. The Morgan fingerprint density at radius 2 is 2.05 bits per heavy atom. The fraction of sp³-hybridized carbons (Fsp3) is 0.933. The highest BCUT2D eigenvalue weighted by Crippen LogP contribution is 2.33. The van der Waals surface area contributed by atoms with Gasteiger partial charge in [0.25, 0.3) is 0 Å². The molecule has 2 fully saturated rings. The Kier molecular flexibility index (Phi) is 4.72. The van der Waals surface area contributed by atoms with Crippen molar-refractivity contribution in [3.8, 4) is 0 Å². The molecule has 20 heavy (non-hydrogen) atoms. The van der Waals surface area contributed by atoms with Gasteiger partial charge < -0.3 is 14.9 Å². The summed E-state index contributed by atoms with van der Waals surface area (Å²) < 4.78 is 5.35. The largest absolute Gasteiger partial charge is 0.463 e. The summed E-state index contributed by atoms with van der Waals surface area (Å²) in [7, 11) is 0. The molecule has 0 saturated carbocycles. The van der Waals surface area contributed by atoms with Gasteiger partial charge in [0.15, 0.2) is 5.60 Å². The Hall–Kier alpha value is -0.650. The van der Waals surface area contributed by atoms with Crippen molar-refractivity contribution in [1.82, 2.24) is 4.90 Å². The van der Waals surface area contributed by atoms with E-state index in [1.54, 1.807) is 13.8 Å². The number of fused-ring (bicyclic) bond motifs is 1. The summed E-state index contributed by atoms with van der Waals surface area (Å²) in [5, 5.41) is 20.1. The fourth-order valence-electron chi connectivity index (χ4n) is 3.57. The summed E-state index contributed by atoms with van der Waals surface area (Å²) in [5.41, 5.74) is -1.81. The van der Waals surface area contributed by atoms with E-state index in [9.17, 15) is 15.0 Å². The van der Waals surface area contributed by atoms with Crippen LogP contribution in [0, 0.1) is 11.8 Å². The van der Waals surface area contributed by atoms with Crippen molar-refractivity contribution in [2.75, 3.05) is 19.7 Å². The molecule has 5 heteroatoms. The van der Waals surface area contributed by atoms with Gasteiger partial charge in [-0.3, -0.25) is 4.90 Å². The third kappa shape index (κ3) is 2.71. The van der Waals surface area contributed by atoms with Crippen LogP contribution in [0.25, 0.3) is 0 Å². The average molecular weight is 285 g/mol. The summed E-state index contributed by atoms with van der Waals surface area (Å²) in [5.74, 6) is -0.715. The van der Waals surface area contributed by atoms with Crippen molar-refractivity contribution in [3.05, 3.63) is 0 Å². The normalized spacial score (nSPS) is 31.1. The first kappa shape index (κ1) is 15.7. The number of hydrogen-bond donors (Lipinski definition) is 2. The van der Waals surface area contributed by atoms with Crippen LogP contribution < -0.4 is 0 Å². The lowest BCUT2D eigenvalue weighted by Crippen LogP contribution is -2.53. The lowest BCUT2D eigenvalue weighted by molar-refractivity contribution is -0.186. The molecule has 5 nitrogen and oxygen atoms in total. The minimum absolute atomic E-state index is 0.349. The molecule has 0 spiro atoms. The molecule has 1 unspecified atom stereocenters. The number of esters is 1. The molecule has 2 saturated heterocycles. The van der Waals surface area contributed by atoms with E-state index in [2.05, 4.69) is 4.90 Å². The van der Waals surface area contributed by atoms with Gasteiger partial charge in [0, 0.05) is 12.0 Å². The molecule has 4 atom stereocenters. The van der Waals surface area contributed by atoms with Crippen LogP contribution in [0.4, 0.5) is 0 Å². The number of carbonyl (C=O) groups excluding carboxylic acids is 1. The monoisotopic (exact) mass is 285 g/mol. The second kappa shape index (κ2) is 6.00.